The van der Waals surface area contributed by atoms with E-state index in [0.29, 0.717) is 11.8 Å². The molecule has 1 saturated carbocycles. The summed E-state index contributed by atoms with van der Waals surface area (Å²) in [5, 5.41) is 9.25. The number of pyridine rings is 1. The van der Waals surface area contributed by atoms with Crippen molar-refractivity contribution >= 4 is 0 Å². The molecule has 1 aliphatic carbocycles. The zero-order valence-corrected chi connectivity index (χ0v) is 15.8. The molecule has 0 spiro atoms. The van der Waals surface area contributed by atoms with Crippen LogP contribution >= 0.6 is 0 Å². The Labute approximate surface area is 155 Å². The molecule has 4 nitrogen and oxygen atoms in total. The molecule has 2 heterocycles. The fourth-order valence-corrected chi connectivity index (χ4v) is 3.61. The third kappa shape index (κ3) is 3.16. The zero-order chi connectivity index (χ0) is 18.1. The van der Waals surface area contributed by atoms with Crippen LogP contribution in [0.15, 0.2) is 54.7 Å². The smallest absolute Gasteiger partial charge is 0.144 e. The highest BCUT2D eigenvalue weighted by Crippen LogP contribution is 2.41. The van der Waals surface area contributed by atoms with Gasteiger partial charge in [-0.3, -0.25) is 4.98 Å². The molecule has 0 N–H and O–H groups in total. The summed E-state index contributed by atoms with van der Waals surface area (Å²) in [7, 11) is 0. The topological polar surface area (TPSA) is 43.6 Å². The maximum Gasteiger partial charge on any atom is 0.144 e. The largest absolute Gasteiger partial charge is 0.313 e. The minimum absolute atomic E-state index is 0.280. The fourth-order valence-electron chi connectivity index (χ4n) is 3.61. The molecule has 0 saturated heterocycles. The van der Waals surface area contributed by atoms with E-state index >= 15 is 0 Å². The lowest BCUT2D eigenvalue weighted by Gasteiger charge is -2.26. The van der Waals surface area contributed by atoms with Crippen molar-refractivity contribution in [1.82, 2.24) is 19.7 Å². The minimum Gasteiger partial charge on any atom is -0.313 e. The molecule has 1 aliphatic rings. The van der Waals surface area contributed by atoms with Crippen molar-refractivity contribution in [2.24, 2.45) is 0 Å². The predicted octanol–water partition coefficient (Wildman–Crippen LogP) is 4.68. The number of nitrogens with zero attached hydrogens (tertiary/aromatic N) is 4. The Kier molecular flexibility index (Phi) is 4.35. The lowest BCUT2D eigenvalue weighted by molar-refractivity contribution is 0.484. The van der Waals surface area contributed by atoms with E-state index in [2.05, 4.69) is 76.9 Å². The fraction of sp³-hybridized carbons (Fsp3) is 0.409. The quantitative estimate of drug-likeness (QED) is 0.651. The summed E-state index contributed by atoms with van der Waals surface area (Å²) in [5.74, 6) is 3.13. The van der Waals surface area contributed by atoms with Crippen LogP contribution in [0.2, 0.25) is 0 Å². The summed E-state index contributed by atoms with van der Waals surface area (Å²) >= 11 is 0. The lowest BCUT2D eigenvalue weighted by atomic mass is 9.87. The molecule has 4 rings (SSSR count). The van der Waals surface area contributed by atoms with E-state index in [9.17, 15) is 0 Å². The molecule has 0 bridgehead atoms. The van der Waals surface area contributed by atoms with Gasteiger partial charge < -0.3 is 4.57 Å². The van der Waals surface area contributed by atoms with Crippen molar-refractivity contribution in [1.29, 1.82) is 0 Å². The van der Waals surface area contributed by atoms with E-state index in [-0.39, 0.29) is 5.41 Å². The van der Waals surface area contributed by atoms with Crippen LogP contribution in [0.3, 0.4) is 0 Å². The maximum atomic E-state index is 4.65. The van der Waals surface area contributed by atoms with Crippen molar-refractivity contribution in [3.05, 3.63) is 77.6 Å². The Balaban J connectivity index is 1.72. The van der Waals surface area contributed by atoms with Crippen LogP contribution in [0, 0.1) is 0 Å². The van der Waals surface area contributed by atoms with Gasteiger partial charge in [-0.15, -0.1) is 10.2 Å². The maximum absolute atomic E-state index is 4.65. The number of aromatic nitrogens is 4. The number of benzene rings is 1. The van der Waals surface area contributed by atoms with Crippen molar-refractivity contribution in [2.45, 2.75) is 57.4 Å². The summed E-state index contributed by atoms with van der Waals surface area (Å²) in [6.45, 7) is 7.57. The molecule has 0 aliphatic heterocycles. The van der Waals surface area contributed by atoms with Gasteiger partial charge in [0.25, 0.3) is 0 Å². The van der Waals surface area contributed by atoms with Crippen LogP contribution in [0.4, 0.5) is 0 Å². The summed E-state index contributed by atoms with van der Waals surface area (Å²) in [6.07, 6.45) is 4.30. The van der Waals surface area contributed by atoms with E-state index in [1.165, 1.54) is 18.4 Å². The Morgan fingerprint density at radius 2 is 1.77 bits per heavy atom. The molecule has 26 heavy (non-hydrogen) atoms. The second kappa shape index (κ2) is 6.67. The van der Waals surface area contributed by atoms with Gasteiger partial charge in [-0.2, -0.15) is 0 Å². The first-order chi connectivity index (χ1) is 12.6. The molecule has 1 atom stereocenters. The van der Waals surface area contributed by atoms with Gasteiger partial charge in [0.15, 0.2) is 0 Å². The Morgan fingerprint density at radius 3 is 2.42 bits per heavy atom. The summed E-state index contributed by atoms with van der Waals surface area (Å²) < 4.78 is 2.37. The zero-order valence-electron chi connectivity index (χ0n) is 15.8. The second-order valence-corrected chi connectivity index (χ2v) is 7.92. The molecule has 1 fully saturated rings. The molecule has 1 aromatic carbocycles. The van der Waals surface area contributed by atoms with E-state index < -0.39 is 0 Å². The summed E-state index contributed by atoms with van der Waals surface area (Å²) in [5.41, 5.74) is 2.10. The van der Waals surface area contributed by atoms with Gasteiger partial charge in [0.1, 0.15) is 11.6 Å². The highest BCUT2D eigenvalue weighted by molar-refractivity contribution is 5.27. The Morgan fingerprint density at radius 1 is 1.04 bits per heavy atom. The Hall–Kier alpha value is -2.49. The molecule has 2 aromatic heterocycles. The second-order valence-electron chi connectivity index (χ2n) is 7.92. The first kappa shape index (κ1) is 17.0. The molecule has 134 valence electrons. The van der Waals surface area contributed by atoms with E-state index in [4.69, 9.17) is 0 Å². The van der Waals surface area contributed by atoms with Crippen molar-refractivity contribution in [3.8, 4) is 0 Å². The lowest BCUT2D eigenvalue weighted by Crippen LogP contribution is -2.27. The third-order valence-electron chi connectivity index (χ3n) is 5.41. The molecule has 0 amide bonds. The molecule has 4 heteroatoms. The summed E-state index contributed by atoms with van der Waals surface area (Å²) in [4.78, 5) is 4.59. The van der Waals surface area contributed by atoms with Crippen LogP contribution in [0.5, 0.6) is 0 Å². The van der Waals surface area contributed by atoms with Crippen LogP contribution in [0.1, 0.15) is 68.4 Å². The number of rotatable bonds is 6. The third-order valence-corrected chi connectivity index (χ3v) is 5.41. The van der Waals surface area contributed by atoms with Gasteiger partial charge in [0.05, 0.1) is 11.1 Å². The van der Waals surface area contributed by atoms with Crippen LogP contribution in [0.25, 0.3) is 0 Å². The standard InChI is InChI=1S/C22H26N4/c1-16(17-9-5-4-6-10-17)15-26-20(18-12-13-18)24-25-21(26)22(2,3)19-11-7-8-14-23-19/h4-11,14,16,18H,12-13,15H2,1-3H3/t16-/m1/s1. The average molecular weight is 346 g/mol. The van der Waals surface area contributed by atoms with E-state index in [1.54, 1.807) is 0 Å². The normalized spacial score (nSPS) is 15.8. The minimum atomic E-state index is -0.280. The SMILES string of the molecule is C[C@H](Cn1c(C2CC2)nnc1C(C)(C)c1ccccn1)c1ccccc1. The van der Waals surface area contributed by atoms with Gasteiger partial charge in [-0.05, 0) is 50.3 Å². The van der Waals surface area contributed by atoms with Crippen LogP contribution in [-0.2, 0) is 12.0 Å². The van der Waals surface area contributed by atoms with Gasteiger partial charge in [-0.1, -0.05) is 43.3 Å². The van der Waals surface area contributed by atoms with E-state index in [1.807, 2.05) is 18.3 Å². The van der Waals surface area contributed by atoms with Gasteiger partial charge in [-0.25, -0.2) is 0 Å². The monoisotopic (exact) mass is 346 g/mol. The van der Waals surface area contributed by atoms with Crippen molar-refractivity contribution in [2.75, 3.05) is 0 Å². The van der Waals surface area contributed by atoms with E-state index in [0.717, 1.165) is 23.9 Å². The first-order valence-corrected chi connectivity index (χ1v) is 9.47. The molecular formula is C22H26N4. The molecule has 0 unspecified atom stereocenters. The highest BCUT2D eigenvalue weighted by atomic mass is 15.3. The predicted molar refractivity (Wildman–Crippen MR) is 103 cm³/mol. The Bertz CT molecular complexity index is 864. The number of hydrogen-bond acceptors (Lipinski definition) is 3. The number of hydrogen-bond donors (Lipinski definition) is 0. The van der Waals surface area contributed by atoms with Crippen molar-refractivity contribution < 1.29 is 0 Å². The van der Waals surface area contributed by atoms with Crippen LogP contribution < -0.4 is 0 Å². The molecule has 0 radical (unpaired) electrons. The molecule has 3 aromatic rings. The summed E-state index contributed by atoms with van der Waals surface area (Å²) in [6, 6.07) is 16.8. The first-order valence-electron chi connectivity index (χ1n) is 9.47. The highest BCUT2D eigenvalue weighted by Gasteiger charge is 2.36. The molecular weight excluding hydrogens is 320 g/mol. The van der Waals surface area contributed by atoms with Gasteiger partial charge >= 0.3 is 0 Å². The van der Waals surface area contributed by atoms with Crippen molar-refractivity contribution in [3.63, 3.8) is 0 Å². The average Bonchev–Trinajstić information content (AvgIpc) is 3.43. The van der Waals surface area contributed by atoms with Gasteiger partial charge in [0.2, 0.25) is 0 Å². The van der Waals surface area contributed by atoms with Crippen LogP contribution in [-0.4, -0.2) is 19.7 Å². The van der Waals surface area contributed by atoms with Gasteiger partial charge in [0, 0.05) is 18.7 Å².